The fourth-order valence-corrected chi connectivity index (χ4v) is 1.63. The van der Waals surface area contributed by atoms with Crippen LogP contribution >= 0.6 is 0 Å². The molecule has 3 nitrogen and oxygen atoms in total. The second-order valence-electron chi connectivity index (χ2n) is 3.90. The lowest BCUT2D eigenvalue weighted by Gasteiger charge is -2.14. The Balaban J connectivity index is 2.53. The summed E-state index contributed by atoms with van der Waals surface area (Å²) in [5.74, 6) is 0. The third-order valence-corrected chi connectivity index (χ3v) is 2.52. The predicted molar refractivity (Wildman–Crippen MR) is 58.0 cm³/mol. The summed E-state index contributed by atoms with van der Waals surface area (Å²) in [4.78, 5) is 0. The van der Waals surface area contributed by atoms with Gasteiger partial charge < -0.3 is 5.73 Å². The van der Waals surface area contributed by atoms with E-state index in [1.54, 1.807) is 0 Å². The average Bonchev–Trinajstić information content (AvgIpc) is 2.75. The van der Waals surface area contributed by atoms with Crippen molar-refractivity contribution in [3.05, 3.63) is 41.7 Å². The van der Waals surface area contributed by atoms with Crippen molar-refractivity contribution in [2.24, 2.45) is 0 Å². The third kappa shape index (κ3) is 2.56. The summed E-state index contributed by atoms with van der Waals surface area (Å²) in [7, 11) is 0. The molecular weight excluding hydrogens is 288 g/mol. The number of hydrogen-bond donors (Lipinski definition) is 1. The second-order valence-corrected chi connectivity index (χ2v) is 3.90. The van der Waals surface area contributed by atoms with Crippen molar-refractivity contribution in [1.82, 2.24) is 9.78 Å². The zero-order valence-electron chi connectivity index (χ0n) is 9.63. The molecule has 1 aromatic heterocycles. The van der Waals surface area contributed by atoms with Gasteiger partial charge in [0.2, 0.25) is 0 Å². The Bertz CT molecular complexity index is 626. The van der Waals surface area contributed by atoms with Crippen molar-refractivity contribution in [2.75, 3.05) is 5.73 Å². The van der Waals surface area contributed by atoms with Crippen LogP contribution in [-0.4, -0.2) is 9.78 Å². The molecule has 0 amide bonds. The molecule has 2 aromatic rings. The van der Waals surface area contributed by atoms with E-state index in [9.17, 15) is 26.3 Å². The Kier molecular flexibility index (Phi) is 3.15. The molecule has 0 unspecified atom stereocenters. The molecule has 0 atom stereocenters. The van der Waals surface area contributed by atoms with Crippen LogP contribution in [0.2, 0.25) is 0 Å². The summed E-state index contributed by atoms with van der Waals surface area (Å²) in [6, 6.07) is 2.77. The van der Waals surface area contributed by atoms with E-state index in [0.29, 0.717) is 22.9 Å². The molecule has 1 aromatic carbocycles. The molecule has 9 heteroatoms. The SMILES string of the molecule is Nc1cc(C(F)(F)F)ccc1-n1nccc1C(F)(F)F. The minimum Gasteiger partial charge on any atom is -0.397 e. The molecule has 1 heterocycles. The highest BCUT2D eigenvalue weighted by Crippen LogP contribution is 2.35. The number of alkyl halides is 6. The summed E-state index contributed by atoms with van der Waals surface area (Å²) < 4.78 is 75.9. The Labute approximate surface area is 108 Å². The number of nitrogen functional groups attached to an aromatic ring is 1. The zero-order chi connectivity index (χ0) is 15.1. The Morgan fingerprint density at radius 2 is 1.60 bits per heavy atom. The molecule has 2 rings (SSSR count). The smallest absolute Gasteiger partial charge is 0.397 e. The van der Waals surface area contributed by atoms with Gasteiger partial charge in [0.25, 0.3) is 0 Å². The molecule has 0 aliphatic carbocycles. The maximum Gasteiger partial charge on any atom is 0.433 e. The highest BCUT2D eigenvalue weighted by molar-refractivity contribution is 5.59. The van der Waals surface area contributed by atoms with Crippen molar-refractivity contribution in [2.45, 2.75) is 12.4 Å². The molecule has 0 bridgehead atoms. The second kappa shape index (κ2) is 4.43. The number of halogens is 6. The molecule has 0 aliphatic heterocycles. The summed E-state index contributed by atoms with van der Waals surface area (Å²) >= 11 is 0. The minimum absolute atomic E-state index is 0.268. The summed E-state index contributed by atoms with van der Waals surface area (Å²) in [5.41, 5.74) is 2.51. The van der Waals surface area contributed by atoms with E-state index >= 15 is 0 Å². The summed E-state index contributed by atoms with van der Waals surface area (Å²) in [5, 5.41) is 3.44. The van der Waals surface area contributed by atoms with Crippen molar-refractivity contribution in [3.63, 3.8) is 0 Å². The van der Waals surface area contributed by atoms with Crippen LogP contribution in [0.3, 0.4) is 0 Å². The molecule has 2 N–H and O–H groups in total. The van der Waals surface area contributed by atoms with Crippen LogP contribution in [0.1, 0.15) is 11.3 Å². The third-order valence-electron chi connectivity index (χ3n) is 2.52. The van der Waals surface area contributed by atoms with E-state index in [-0.39, 0.29) is 5.69 Å². The van der Waals surface area contributed by atoms with Gasteiger partial charge in [0.15, 0.2) is 0 Å². The number of nitrogens with zero attached hydrogens (tertiary/aromatic N) is 2. The first-order valence-corrected chi connectivity index (χ1v) is 5.19. The lowest BCUT2D eigenvalue weighted by Crippen LogP contribution is -2.15. The van der Waals surface area contributed by atoms with Crippen LogP contribution in [0, 0.1) is 0 Å². The van der Waals surface area contributed by atoms with Crippen molar-refractivity contribution < 1.29 is 26.3 Å². The number of benzene rings is 1. The van der Waals surface area contributed by atoms with Gasteiger partial charge in [0.1, 0.15) is 5.69 Å². The quantitative estimate of drug-likeness (QED) is 0.646. The lowest BCUT2D eigenvalue weighted by molar-refractivity contribution is -0.143. The highest BCUT2D eigenvalue weighted by atomic mass is 19.4. The standard InChI is InChI=1S/C11H7F6N3/c12-10(13,14)6-1-2-8(7(18)5-6)20-9(3-4-19-20)11(15,16)17/h1-5H,18H2. The van der Waals surface area contributed by atoms with Crippen LogP contribution < -0.4 is 5.73 Å². The van der Waals surface area contributed by atoms with E-state index < -0.39 is 29.3 Å². The number of anilines is 1. The van der Waals surface area contributed by atoms with Gasteiger partial charge in [-0.3, -0.25) is 0 Å². The van der Waals surface area contributed by atoms with Gasteiger partial charge in [0, 0.05) is 0 Å². The fourth-order valence-electron chi connectivity index (χ4n) is 1.63. The Morgan fingerprint density at radius 1 is 0.950 bits per heavy atom. The average molecular weight is 295 g/mol. The van der Waals surface area contributed by atoms with E-state index in [0.717, 1.165) is 12.3 Å². The van der Waals surface area contributed by atoms with E-state index in [1.165, 1.54) is 0 Å². The molecule has 0 radical (unpaired) electrons. The molecule has 108 valence electrons. The van der Waals surface area contributed by atoms with Gasteiger partial charge in [0.05, 0.1) is 23.1 Å². The molecule has 0 spiro atoms. The van der Waals surface area contributed by atoms with Crippen molar-refractivity contribution >= 4 is 5.69 Å². The fraction of sp³-hybridized carbons (Fsp3) is 0.182. The van der Waals surface area contributed by atoms with Gasteiger partial charge in [-0.05, 0) is 24.3 Å². The first-order valence-electron chi connectivity index (χ1n) is 5.19. The van der Waals surface area contributed by atoms with E-state index in [4.69, 9.17) is 5.73 Å². The monoisotopic (exact) mass is 295 g/mol. The molecule has 0 saturated heterocycles. The van der Waals surface area contributed by atoms with Crippen LogP contribution in [0.25, 0.3) is 5.69 Å². The number of nitrogens with two attached hydrogens (primary N) is 1. The van der Waals surface area contributed by atoms with Crippen LogP contribution in [0.4, 0.5) is 32.0 Å². The normalized spacial score (nSPS) is 12.7. The van der Waals surface area contributed by atoms with Gasteiger partial charge in [-0.2, -0.15) is 31.4 Å². The predicted octanol–water partition coefficient (Wildman–Crippen LogP) is 3.49. The molecular formula is C11H7F6N3. The highest BCUT2D eigenvalue weighted by Gasteiger charge is 2.36. The number of hydrogen-bond acceptors (Lipinski definition) is 2. The maximum absolute atomic E-state index is 12.7. The van der Waals surface area contributed by atoms with Crippen LogP contribution in [0.5, 0.6) is 0 Å². The topological polar surface area (TPSA) is 43.8 Å². The number of rotatable bonds is 1. The first-order chi connectivity index (χ1) is 9.10. The van der Waals surface area contributed by atoms with E-state index in [2.05, 4.69) is 5.10 Å². The zero-order valence-corrected chi connectivity index (χ0v) is 9.63. The van der Waals surface area contributed by atoms with Crippen LogP contribution in [-0.2, 0) is 12.4 Å². The lowest BCUT2D eigenvalue weighted by atomic mass is 10.1. The molecule has 0 aliphatic rings. The van der Waals surface area contributed by atoms with Gasteiger partial charge in [-0.1, -0.05) is 0 Å². The minimum atomic E-state index is -4.69. The first kappa shape index (κ1) is 14.2. The number of aromatic nitrogens is 2. The van der Waals surface area contributed by atoms with Gasteiger partial charge >= 0.3 is 12.4 Å². The molecule has 20 heavy (non-hydrogen) atoms. The summed E-state index contributed by atoms with van der Waals surface area (Å²) in [6.45, 7) is 0. The maximum atomic E-state index is 12.7. The Hall–Kier alpha value is -2.19. The molecule has 0 saturated carbocycles. The van der Waals surface area contributed by atoms with Crippen molar-refractivity contribution in [1.29, 1.82) is 0 Å². The summed E-state index contributed by atoms with van der Waals surface area (Å²) in [6.07, 6.45) is -8.42. The molecule has 0 fully saturated rings. The van der Waals surface area contributed by atoms with Gasteiger partial charge in [-0.25, -0.2) is 4.68 Å². The Morgan fingerprint density at radius 3 is 2.10 bits per heavy atom. The largest absolute Gasteiger partial charge is 0.433 e. The van der Waals surface area contributed by atoms with Crippen molar-refractivity contribution in [3.8, 4) is 5.69 Å². The van der Waals surface area contributed by atoms with Gasteiger partial charge in [-0.15, -0.1) is 0 Å². The van der Waals surface area contributed by atoms with Crippen LogP contribution in [0.15, 0.2) is 30.5 Å². The van der Waals surface area contributed by atoms with E-state index in [1.807, 2.05) is 0 Å².